The first kappa shape index (κ1) is 12.0. The van der Waals surface area contributed by atoms with E-state index < -0.39 is 23.0 Å². The highest BCUT2D eigenvalue weighted by Gasteiger charge is 2.49. The van der Waals surface area contributed by atoms with Gasteiger partial charge in [0.05, 0.1) is 12.7 Å². The smallest absolute Gasteiger partial charge is 0.416 e. The molecule has 1 aliphatic carbocycles. The number of hydrogen-bond acceptors (Lipinski definition) is 3. The number of halogens is 3. The maximum Gasteiger partial charge on any atom is 0.416 e. The highest BCUT2D eigenvalue weighted by molar-refractivity contribution is 5.55. The third-order valence-corrected chi connectivity index (χ3v) is 2.95. The lowest BCUT2D eigenvalue weighted by atomic mass is 9.96. The van der Waals surface area contributed by atoms with Gasteiger partial charge in [-0.25, -0.2) is 0 Å². The van der Waals surface area contributed by atoms with Crippen molar-refractivity contribution in [3.63, 3.8) is 0 Å². The van der Waals surface area contributed by atoms with Gasteiger partial charge in [0.2, 0.25) is 0 Å². The van der Waals surface area contributed by atoms with Crippen LogP contribution in [0.4, 0.5) is 13.2 Å². The average molecular weight is 247 g/mol. The minimum Gasteiger partial charge on any atom is -0.504 e. The predicted molar refractivity (Wildman–Crippen MR) is 54.8 cm³/mol. The molecule has 0 amide bonds. The Morgan fingerprint density at radius 1 is 1.35 bits per heavy atom. The third kappa shape index (κ3) is 1.93. The summed E-state index contributed by atoms with van der Waals surface area (Å²) in [5.41, 5.74) is 3.54. The van der Waals surface area contributed by atoms with Gasteiger partial charge in [-0.15, -0.1) is 0 Å². The summed E-state index contributed by atoms with van der Waals surface area (Å²) in [7, 11) is 1.28. The Bertz CT molecular complexity index is 453. The second-order valence-corrected chi connectivity index (χ2v) is 4.19. The molecule has 0 atom stereocenters. The van der Waals surface area contributed by atoms with Crippen molar-refractivity contribution in [1.29, 1.82) is 0 Å². The molecule has 0 heterocycles. The zero-order valence-corrected chi connectivity index (χ0v) is 9.14. The third-order valence-electron chi connectivity index (χ3n) is 2.95. The van der Waals surface area contributed by atoms with Crippen LogP contribution in [0.25, 0.3) is 0 Å². The van der Waals surface area contributed by atoms with Gasteiger partial charge in [0.25, 0.3) is 0 Å². The summed E-state index contributed by atoms with van der Waals surface area (Å²) in [5, 5.41) is 9.80. The van der Waals surface area contributed by atoms with E-state index in [0.29, 0.717) is 12.8 Å². The normalized spacial score (nSPS) is 17.9. The lowest BCUT2D eigenvalue weighted by Crippen LogP contribution is -2.24. The minimum atomic E-state index is -4.53. The fourth-order valence-electron chi connectivity index (χ4n) is 1.86. The Balaban J connectivity index is 2.65. The summed E-state index contributed by atoms with van der Waals surface area (Å²) >= 11 is 0. The topological polar surface area (TPSA) is 55.5 Å². The van der Waals surface area contributed by atoms with Gasteiger partial charge in [-0.2, -0.15) is 13.2 Å². The standard InChI is InChI=1S/C11H12F3NO2/c1-17-7-3-2-6(11(12,13)14)8(9(7)16)10(15)4-5-10/h2-3,16H,4-5,15H2,1H3. The summed E-state index contributed by atoms with van der Waals surface area (Å²) in [5.74, 6) is -0.507. The molecule has 0 aromatic heterocycles. The first-order valence-corrected chi connectivity index (χ1v) is 5.06. The van der Waals surface area contributed by atoms with Gasteiger partial charge in [0.15, 0.2) is 11.5 Å². The molecule has 3 nitrogen and oxygen atoms in total. The number of rotatable bonds is 2. The molecular weight excluding hydrogens is 235 g/mol. The maximum absolute atomic E-state index is 12.8. The van der Waals surface area contributed by atoms with Crippen LogP contribution < -0.4 is 10.5 Å². The largest absolute Gasteiger partial charge is 0.504 e. The van der Waals surface area contributed by atoms with Crippen molar-refractivity contribution < 1.29 is 23.0 Å². The summed E-state index contributed by atoms with van der Waals surface area (Å²) < 4.78 is 43.2. The number of methoxy groups -OCH3 is 1. The van der Waals surface area contributed by atoms with Crippen LogP contribution in [-0.4, -0.2) is 12.2 Å². The number of benzene rings is 1. The molecule has 1 fully saturated rings. The number of nitrogens with two attached hydrogens (primary N) is 1. The Morgan fingerprint density at radius 3 is 2.35 bits per heavy atom. The van der Waals surface area contributed by atoms with E-state index in [1.807, 2.05) is 0 Å². The second-order valence-electron chi connectivity index (χ2n) is 4.19. The number of phenolic OH excluding ortho intramolecular Hbond substituents is 1. The molecule has 0 aliphatic heterocycles. The molecule has 1 aromatic carbocycles. The molecule has 0 radical (unpaired) electrons. The van der Waals surface area contributed by atoms with Gasteiger partial charge < -0.3 is 15.6 Å². The van der Waals surface area contributed by atoms with Gasteiger partial charge >= 0.3 is 6.18 Å². The Hall–Kier alpha value is -1.43. The SMILES string of the molecule is COc1ccc(C(F)(F)F)c(C2(N)CC2)c1O. The van der Waals surface area contributed by atoms with Gasteiger partial charge in [-0.05, 0) is 25.0 Å². The number of hydrogen-bond donors (Lipinski definition) is 2. The van der Waals surface area contributed by atoms with Gasteiger partial charge in [-0.1, -0.05) is 0 Å². The van der Waals surface area contributed by atoms with Crippen LogP contribution in [-0.2, 0) is 11.7 Å². The van der Waals surface area contributed by atoms with Gasteiger partial charge in [-0.3, -0.25) is 0 Å². The predicted octanol–water partition coefficient (Wildman–Crippen LogP) is 2.37. The molecule has 3 N–H and O–H groups in total. The molecule has 94 valence electrons. The zero-order valence-electron chi connectivity index (χ0n) is 9.14. The van der Waals surface area contributed by atoms with Crippen LogP contribution in [0, 0.1) is 0 Å². The lowest BCUT2D eigenvalue weighted by molar-refractivity contribution is -0.138. The van der Waals surface area contributed by atoms with Crippen molar-refractivity contribution in [1.82, 2.24) is 0 Å². The fourth-order valence-corrected chi connectivity index (χ4v) is 1.86. The fraction of sp³-hybridized carbons (Fsp3) is 0.455. The Labute approximate surface area is 96.0 Å². The zero-order chi connectivity index (χ0) is 12.8. The van der Waals surface area contributed by atoms with Crippen LogP contribution in [0.1, 0.15) is 24.0 Å². The molecular formula is C11H12F3NO2. The molecule has 0 saturated heterocycles. The molecule has 1 saturated carbocycles. The summed E-state index contributed by atoms with van der Waals surface area (Å²) in [6.07, 6.45) is -3.68. The van der Waals surface area contributed by atoms with Crippen molar-refractivity contribution in [2.24, 2.45) is 5.73 Å². The molecule has 0 bridgehead atoms. The van der Waals surface area contributed by atoms with Crippen molar-refractivity contribution >= 4 is 0 Å². The molecule has 1 aliphatic rings. The quantitative estimate of drug-likeness (QED) is 0.843. The molecule has 0 spiro atoms. The van der Waals surface area contributed by atoms with E-state index in [9.17, 15) is 18.3 Å². The highest BCUT2D eigenvalue weighted by Crippen LogP contribution is 2.53. The monoisotopic (exact) mass is 247 g/mol. The van der Waals surface area contributed by atoms with E-state index in [4.69, 9.17) is 10.5 Å². The Morgan fingerprint density at radius 2 is 1.94 bits per heavy atom. The minimum absolute atomic E-state index is 0.00438. The van der Waals surface area contributed by atoms with Crippen LogP contribution in [0.2, 0.25) is 0 Å². The van der Waals surface area contributed by atoms with Crippen LogP contribution in [0.15, 0.2) is 12.1 Å². The van der Waals surface area contributed by atoms with Gasteiger partial charge in [0.1, 0.15) is 0 Å². The molecule has 2 rings (SSSR count). The van der Waals surface area contributed by atoms with E-state index in [1.165, 1.54) is 7.11 Å². The van der Waals surface area contributed by atoms with E-state index >= 15 is 0 Å². The van der Waals surface area contributed by atoms with Gasteiger partial charge in [0, 0.05) is 11.1 Å². The van der Waals surface area contributed by atoms with E-state index in [2.05, 4.69) is 0 Å². The van der Waals surface area contributed by atoms with Crippen molar-refractivity contribution in [3.05, 3.63) is 23.3 Å². The Kier molecular flexibility index (Phi) is 2.50. The van der Waals surface area contributed by atoms with E-state index in [0.717, 1.165) is 12.1 Å². The summed E-state index contributed by atoms with van der Waals surface area (Å²) in [6, 6.07) is 1.98. The van der Waals surface area contributed by atoms with Crippen LogP contribution >= 0.6 is 0 Å². The van der Waals surface area contributed by atoms with E-state index in [1.54, 1.807) is 0 Å². The van der Waals surface area contributed by atoms with Crippen LogP contribution in [0.5, 0.6) is 11.5 Å². The molecule has 6 heteroatoms. The van der Waals surface area contributed by atoms with Crippen LogP contribution in [0.3, 0.4) is 0 Å². The number of aromatic hydroxyl groups is 1. The second kappa shape index (κ2) is 3.53. The summed E-state index contributed by atoms with van der Waals surface area (Å²) in [4.78, 5) is 0. The lowest BCUT2D eigenvalue weighted by Gasteiger charge is -2.20. The average Bonchev–Trinajstić information content (AvgIpc) is 2.95. The maximum atomic E-state index is 12.8. The molecule has 17 heavy (non-hydrogen) atoms. The van der Waals surface area contributed by atoms with Crippen molar-refractivity contribution in [2.45, 2.75) is 24.6 Å². The molecule has 0 unspecified atom stereocenters. The number of alkyl halides is 3. The summed E-state index contributed by atoms with van der Waals surface area (Å²) in [6.45, 7) is 0. The first-order valence-electron chi connectivity index (χ1n) is 5.06. The van der Waals surface area contributed by atoms with Crippen molar-refractivity contribution in [2.75, 3.05) is 7.11 Å². The first-order chi connectivity index (χ1) is 7.79. The molecule has 1 aromatic rings. The van der Waals surface area contributed by atoms with E-state index in [-0.39, 0.29) is 11.3 Å². The van der Waals surface area contributed by atoms with Crippen molar-refractivity contribution in [3.8, 4) is 11.5 Å². The number of ether oxygens (including phenoxy) is 1. The highest BCUT2D eigenvalue weighted by atomic mass is 19.4. The number of phenols is 1.